The summed E-state index contributed by atoms with van der Waals surface area (Å²) in [6.07, 6.45) is 0. The Balaban J connectivity index is 0.00000180. The van der Waals surface area contributed by atoms with Crippen LogP contribution in [0.2, 0.25) is 0 Å². The largest absolute Gasteiger partial charge is 1.00 e. The Morgan fingerprint density at radius 2 is 1.95 bits per heavy atom. The van der Waals surface area contributed by atoms with Crippen molar-refractivity contribution in [3.8, 4) is 0 Å². The average molecular weight is 307 g/mol. The van der Waals surface area contributed by atoms with E-state index < -0.39 is 10.1 Å². The minimum atomic E-state index is -4.38. The minimum absolute atomic E-state index is 0. The van der Waals surface area contributed by atoms with Gasteiger partial charge in [0.05, 0.1) is 4.90 Å². The average Bonchev–Trinajstić information content (AvgIpc) is 2.46. The zero-order valence-corrected chi connectivity index (χ0v) is 16.0. The molecule has 0 aromatic heterocycles. The first kappa shape index (κ1) is 17.6. The standard InChI is InChI=1S/C13H19NO3S.K/c1-5-14-9(2)13(3,4)11-8-10(18(15,16)17)6-7-12(11)14;/h6-9H,5H2,1-4H3,(H,15,16,17);/q;+1/p-1. The van der Waals surface area contributed by atoms with Crippen LogP contribution in [0.3, 0.4) is 0 Å². The molecule has 2 rings (SSSR count). The Morgan fingerprint density at radius 1 is 1.37 bits per heavy atom. The van der Waals surface area contributed by atoms with Crippen molar-refractivity contribution in [2.24, 2.45) is 0 Å². The summed E-state index contributed by atoms with van der Waals surface area (Å²) in [7, 11) is -4.38. The monoisotopic (exact) mass is 307 g/mol. The van der Waals surface area contributed by atoms with Crippen molar-refractivity contribution < 1.29 is 64.4 Å². The third-order valence-corrected chi connectivity index (χ3v) is 4.94. The molecule has 19 heavy (non-hydrogen) atoms. The van der Waals surface area contributed by atoms with Crippen LogP contribution in [0, 0.1) is 0 Å². The van der Waals surface area contributed by atoms with Gasteiger partial charge in [-0.05, 0) is 37.6 Å². The van der Waals surface area contributed by atoms with E-state index in [1.807, 2.05) is 0 Å². The molecule has 0 N–H and O–H groups in total. The molecule has 1 atom stereocenters. The van der Waals surface area contributed by atoms with Crippen LogP contribution in [-0.2, 0) is 15.5 Å². The molecule has 6 heteroatoms. The summed E-state index contributed by atoms with van der Waals surface area (Å²) in [5.74, 6) is 0. The minimum Gasteiger partial charge on any atom is -0.744 e. The molecule has 1 aliphatic rings. The normalized spacial score (nSPS) is 20.9. The SMILES string of the molecule is CCN1c2ccc(S(=O)(=O)[O-])cc2C(C)(C)C1C.[K+]. The number of fused-ring (bicyclic) bond motifs is 1. The second-order valence-electron chi connectivity index (χ2n) is 5.32. The van der Waals surface area contributed by atoms with Gasteiger partial charge in [-0.2, -0.15) is 0 Å². The fourth-order valence-corrected chi connectivity index (χ4v) is 3.20. The van der Waals surface area contributed by atoms with Gasteiger partial charge >= 0.3 is 51.4 Å². The summed E-state index contributed by atoms with van der Waals surface area (Å²) in [5, 5.41) is 0. The quantitative estimate of drug-likeness (QED) is 0.525. The van der Waals surface area contributed by atoms with Crippen molar-refractivity contribution in [3.05, 3.63) is 23.8 Å². The molecule has 1 heterocycles. The third kappa shape index (κ3) is 2.95. The van der Waals surface area contributed by atoms with E-state index in [4.69, 9.17) is 0 Å². The number of benzene rings is 1. The number of nitrogens with zero attached hydrogens (tertiary/aromatic N) is 1. The summed E-state index contributed by atoms with van der Waals surface area (Å²) in [4.78, 5) is 2.09. The summed E-state index contributed by atoms with van der Waals surface area (Å²) in [6.45, 7) is 9.20. The topological polar surface area (TPSA) is 60.4 Å². The molecule has 1 aliphatic heterocycles. The molecular formula is C13H18KNO3S. The van der Waals surface area contributed by atoms with Gasteiger partial charge in [-0.1, -0.05) is 13.8 Å². The third-order valence-electron chi connectivity index (χ3n) is 4.11. The van der Waals surface area contributed by atoms with Crippen LogP contribution < -0.4 is 56.3 Å². The Bertz CT molecular complexity index is 584. The molecule has 4 nitrogen and oxygen atoms in total. The van der Waals surface area contributed by atoms with E-state index in [9.17, 15) is 13.0 Å². The predicted octanol–water partition coefficient (Wildman–Crippen LogP) is -0.899. The van der Waals surface area contributed by atoms with E-state index in [-0.39, 0.29) is 67.7 Å². The Hall–Kier alpha value is 0.566. The van der Waals surface area contributed by atoms with E-state index in [1.165, 1.54) is 12.1 Å². The van der Waals surface area contributed by atoms with Gasteiger partial charge in [0.15, 0.2) is 0 Å². The Morgan fingerprint density at radius 3 is 2.42 bits per heavy atom. The van der Waals surface area contributed by atoms with Crippen molar-refractivity contribution in [2.75, 3.05) is 11.4 Å². The molecular weight excluding hydrogens is 289 g/mol. The number of hydrogen-bond acceptors (Lipinski definition) is 4. The smallest absolute Gasteiger partial charge is 0.744 e. The van der Waals surface area contributed by atoms with E-state index in [0.29, 0.717) is 0 Å². The van der Waals surface area contributed by atoms with Crippen LogP contribution >= 0.6 is 0 Å². The summed E-state index contributed by atoms with van der Waals surface area (Å²) >= 11 is 0. The maximum absolute atomic E-state index is 11.1. The van der Waals surface area contributed by atoms with Gasteiger partial charge in [-0.25, -0.2) is 8.42 Å². The molecule has 0 saturated heterocycles. The van der Waals surface area contributed by atoms with Gasteiger partial charge in [0.2, 0.25) is 0 Å². The molecule has 100 valence electrons. The van der Waals surface area contributed by atoms with Gasteiger partial charge in [0.25, 0.3) is 0 Å². The van der Waals surface area contributed by atoms with Gasteiger partial charge in [0.1, 0.15) is 10.1 Å². The Kier molecular flexibility index (Phi) is 5.33. The van der Waals surface area contributed by atoms with Crippen molar-refractivity contribution in [3.63, 3.8) is 0 Å². The van der Waals surface area contributed by atoms with E-state index in [1.54, 1.807) is 6.07 Å². The number of rotatable bonds is 2. The molecule has 0 radical (unpaired) electrons. The maximum Gasteiger partial charge on any atom is 1.00 e. The van der Waals surface area contributed by atoms with Gasteiger partial charge < -0.3 is 9.45 Å². The molecule has 0 spiro atoms. The molecule has 0 fully saturated rings. The number of anilines is 1. The van der Waals surface area contributed by atoms with Crippen LogP contribution in [0.5, 0.6) is 0 Å². The summed E-state index contributed by atoms with van der Waals surface area (Å²) < 4.78 is 33.3. The maximum atomic E-state index is 11.1. The van der Waals surface area contributed by atoms with Crippen molar-refractivity contribution in [2.45, 2.75) is 44.0 Å². The van der Waals surface area contributed by atoms with E-state index in [2.05, 4.69) is 32.6 Å². The molecule has 1 aromatic rings. The molecule has 0 aliphatic carbocycles. The predicted molar refractivity (Wildman–Crippen MR) is 69.9 cm³/mol. The van der Waals surface area contributed by atoms with E-state index >= 15 is 0 Å². The molecule has 0 bridgehead atoms. The van der Waals surface area contributed by atoms with E-state index in [0.717, 1.165) is 17.8 Å². The molecule has 0 amide bonds. The van der Waals surface area contributed by atoms with Crippen LogP contribution in [-0.4, -0.2) is 25.6 Å². The fourth-order valence-electron chi connectivity index (χ4n) is 2.70. The zero-order valence-electron chi connectivity index (χ0n) is 12.1. The molecule has 1 unspecified atom stereocenters. The van der Waals surface area contributed by atoms with Crippen LogP contribution in [0.4, 0.5) is 5.69 Å². The first-order valence-corrected chi connectivity index (χ1v) is 7.47. The summed E-state index contributed by atoms with van der Waals surface area (Å²) in [6, 6.07) is 4.96. The fraction of sp³-hybridized carbons (Fsp3) is 0.538. The second-order valence-corrected chi connectivity index (χ2v) is 6.70. The van der Waals surface area contributed by atoms with Crippen molar-refractivity contribution in [1.29, 1.82) is 0 Å². The van der Waals surface area contributed by atoms with Crippen LogP contribution in [0.1, 0.15) is 33.3 Å². The van der Waals surface area contributed by atoms with Crippen molar-refractivity contribution in [1.82, 2.24) is 0 Å². The molecule has 0 saturated carbocycles. The van der Waals surface area contributed by atoms with Crippen molar-refractivity contribution >= 4 is 15.8 Å². The number of likely N-dealkylation sites (N-methyl/N-ethyl adjacent to an activating group) is 1. The van der Waals surface area contributed by atoms with Gasteiger partial charge in [-0.3, -0.25) is 0 Å². The van der Waals surface area contributed by atoms with Crippen LogP contribution in [0.25, 0.3) is 0 Å². The summed E-state index contributed by atoms with van der Waals surface area (Å²) in [5.41, 5.74) is 1.81. The first-order chi connectivity index (χ1) is 8.19. The first-order valence-electron chi connectivity index (χ1n) is 6.06. The van der Waals surface area contributed by atoms with Gasteiger partial charge in [0, 0.05) is 23.7 Å². The molecule has 1 aromatic carbocycles. The second kappa shape index (κ2) is 5.75. The van der Waals surface area contributed by atoms with Crippen LogP contribution in [0.15, 0.2) is 23.1 Å². The Labute approximate surface area is 157 Å². The number of hydrogen-bond donors (Lipinski definition) is 0. The van der Waals surface area contributed by atoms with Gasteiger partial charge in [-0.15, -0.1) is 0 Å². The zero-order chi connectivity index (χ0) is 13.7.